The minimum atomic E-state index is -3.99. The summed E-state index contributed by atoms with van der Waals surface area (Å²) in [5, 5.41) is 2.89. The molecular formula is C23H26N4O4S. The number of nitrogens with zero attached hydrogens (tertiary/aromatic N) is 2. The maximum atomic E-state index is 13.2. The lowest BCUT2D eigenvalue weighted by molar-refractivity contribution is 0.0404. The van der Waals surface area contributed by atoms with Gasteiger partial charge in [-0.25, -0.2) is 18.2 Å². The number of hydrogen-bond donors (Lipinski definition) is 2. The van der Waals surface area contributed by atoms with Gasteiger partial charge < -0.3 is 15.4 Å². The third-order valence-electron chi connectivity index (χ3n) is 5.37. The summed E-state index contributed by atoms with van der Waals surface area (Å²) in [6.07, 6.45) is 0. The highest BCUT2D eigenvalue weighted by molar-refractivity contribution is 7.89. The smallest absolute Gasteiger partial charge is 0.335 e. The van der Waals surface area contributed by atoms with Crippen molar-refractivity contribution in [3.8, 4) is 0 Å². The number of carbonyl (C=O) groups excluding carboxylic acids is 1. The molecule has 1 aliphatic heterocycles. The predicted molar refractivity (Wildman–Crippen MR) is 122 cm³/mol. The number of amides is 2. The molecule has 0 atom stereocenters. The normalized spacial score (nSPS) is 14.5. The fourth-order valence-corrected chi connectivity index (χ4v) is 4.63. The lowest BCUT2D eigenvalue weighted by atomic mass is 10.1. The molecule has 9 heteroatoms. The van der Waals surface area contributed by atoms with Crippen LogP contribution in [0, 0.1) is 0 Å². The molecule has 0 bridgehead atoms. The van der Waals surface area contributed by atoms with Gasteiger partial charge in [0, 0.05) is 19.6 Å². The molecule has 1 aliphatic rings. The number of benzene rings is 3. The summed E-state index contributed by atoms with van der Waals surface area (Å²) >= 11 is 0. The van der Waals surface area contributed by atoms with Crippen LogP contribution in [0.15, 0.2) is 71.6 Å². The maximum Gasteiger partial charge on any atom is 0.335 e. The highest BCUT2D eigenvalue weighted by Gasteiger charge is 2.27. The molecule has 0 aromatic heterocycles. The minimum absolute atomic E-state index is 0.0772. The number of rotatable bonds is 6. The molecule has 0 radical (unpaired) electrons. The van der Waals surface area contributed by atoms with Crippen molar-refractivity contribution < 1.29 is 17.9 Å². The summed E-state index contributed by atoms with van der Waals surface area (Å²) in [5.74, 6) is 0. The molecule has 8 nitrogen and oxygen atoms in total. The number of urea groups is 1. The highest BCUT2D eigenvalue weighted by Crippen LogP contribution is 2.20. The Kier molecular flexibility index (Phi) is 6.71. The molecule has 168 valence electrons. The third-order valence-corrected chi connectivity index (χ3v) is 6.71. The second kappa shape index (κ2) is 9.66. The van der Waals surface area contributed by atoms with Crippen LogP contribution < -0.4 is 10.6 Å². The molecule has 2 amide bonds. The van der Waals surface area contributed by atoms with Gasteiger partial charge in [-0.3, -0.25) is 0 Å². The summed E-state index contributed by atoms with van der Waals surface area (Å²) in [4.78, 5) is 17.4. The molecule has 32 heavy (non-hydrogen) atoms. The average Bonchev–Trinajstić information content (AvgIpc) is 2.83. The first-order valence-electron chi connectivity index (χ1n) is 10.4. The zero-order valence-corrected chi connectivity index (χ0v) is 18.4. The quantitative estimate of drug-likeness (QED) is 0.557. The van der Waals surface area contributed by atoms with Crippen LogP contribution in [0.25, 0.3) is 10.8 Å². The number of nitrogens with two attached hydrogens (primary N) is 1. The van der Waals surface area contributed by atoms with Crippen molar-refractivity contribution in [1.82, 2.24) is 14.7 Å². The lowest BCUT2D eigenvalue weighted by Gasteiger charge is -2.32. The van der Waals surface area contributed by atoms with Crippen molar-refractivity contribution in [1.29, 1.82) is 0 Å². The van der Waals surface area contributed by atoms with Crippen molar-refractivity contribution in [2.24, 2.45) is 5.73 Å². The van der Waals surface area contributed by atoms with Crippen LogP contribution in [-0.2, 0) is 27.8 Å². The summed E-state index contributed by atoms with van der Waals surface area (Å²) in [6.45, 7) is 2.13. The Balaban J connectivity index is 1.61. The van der Waals surface area contributed by atoms with E-state index < -0.39 is 16.1 Å². The van der Waals surface area contributed by atoms with Crippen molar-refractivity contribution in [2.75, 3.05) is 26.3 Å². The molecular weight excluding hydrogens is 428 g/mol. The standard InChI is InChI=1S/C23H26N4O4S/c24-16-18-5-7-19(8-6-18)17-27(23(28)26-11-13-31-14-12-26)25-32(29,30)22-10-9-20-3-1-2-4-21(20)15-22/h1-10,15,25H,11-14,16-17,24H2. The molecule has 4 rings (SSSR count). The first-order chi connectivity index (χ1) is 15.5. The van der Waals surface area contributed by atoms with E-state index in [2.05, 4.69) is 4.83 Å². The zero-order valence-electron chi connectivity index (χ0n) is 17.6. The van der Waals surface area contributed by atoms with Crippen LogP contribution in [0.3, 0.4) is 0 Å². The Morgan fingerprint density at radius 3 is 2.31 bits per heavy atom. The van der Waals surface area contributed by atoms with Gasteiger partial charge in [0.15, 0.2) is 0 Å². The summed E-state index contributed by atoms with van der Waals surface area (Å²) < 4.78 is 31.7. The van der Waals surface area contributed by atoms with E-state index in [1.165, 1.54) is 6.07 Å². The monoisotopic (exact) mass is 454 g/mol. The number of ether oxygens (including phenoxy) is 1. The van der Waals surface area contributed by atoms with Crippen molar-refractivity contribution in [3.05, 3.63) is 77.9 Å². The molecule has 1 fully saturated rings. The Labute approximate surface area is 187 Å². The van der Waals surface area contributed by atoms with Crippen LogP contribution >= 0.6 is 0 Å². The largest absolute Gasteiger partial charge is 0.378 e. The van der Waals surface area contributed by atoms with Gasteiger partial charge in [0.1, 0.15) is 0 Å². The second-order valence-electron chi connectivity index (χ2n) is 7.59. The van der Waals surface area contributed by atoms with Gasteiger partial charge in [0.25, 0.3) is 10.0 Å². The van der Waals surface area contributed by atoms with E-state index in [0.717, 1.165) is 26.9 Å². The molecule has 0 aliphatic carbocycles. The van der Waals surface area contributed by atoms with E-state index in [1.54, 1.807) is 17.0 Å². The van der Waals surface area contributed by atoms with Gasteiger partial charge in [0.2, 0.25) is 0 Å². The summed E-state index contributed by atoms with van der Waals surface area (Å²) in [5.41, 5.74) is 7.40. The predicted octanol–water partition coefficient (Wildman–Crippen LogP) is 2.45. The number of nitrogens with one attached hydrogen (secondary N) is 1. The van der Waals surface area contributed by atoms with Crippen LogP contribution in [0.5, 0.6) is 0 Å². The number of fused-ring (bicyclic) bond motifs is 1. The van der Waals surface area contributed by atoms with E-state index in [1.807, 2.05) is 48.5 Å². The number of hydrogen-bond acceptors (Lipinski definition) is 5. The summed E-state index contributed by atoms with van der Waals surface area (Å²) in [6, 6.07) is 19.4. The van der Waals surface area contributed by atoms with E-state index in [-0.39, 0.29) is 11.4 Å². The Morgan fingerprint density at radius 2 is 1.62 bits per heavy atom. The molecule has 0 spiro atoms. The molecule has 3 aromatic rings. The second-order valence-corrected chi connectivity index (χ2v) is 9.25. The van der Waals surface area contributed by atoms with Crippen LogP contribution in [-0.4, -0.2) is 50.7 Å². The molecule has 0 unspecified atom stereocenters. The molecule has 0 saturated carbocycles. The number of hydrazine groups is 1. The molecule has 1 heterocycles. The fraction of sp³-hybridized carbons (Fsp3) is 0.261. The van der Waals surface area contributed by atoms with Crippen LogP contribution in [0.1, 0.15) is 11.1 Å². The van der Waals surface area contributed by atoms with E-state index in [0.29, 0.717) is 32.8 Å². The fourth-order valence-electron chi connectivity index (χ4n) is 3.56. The molecule has 1 saturated heterocycles. The van der Waals surface area contributed by atoms with Gasteiger partial charge in [-0.15, -0.1) is 4.83 Å². The first-order valence-corrected chi connectivity index (χ1v) is 11.9. The van der Waals surface area contributed by atoms with Gasteiger partial charge >= 0.3 is 6.03 Å². The number of morpholine rings is 1. The van der Waals surface area contributed by atoms with E-state index in [4.69, 9.17) is 10.5 Å². The third kappa shape index (κ3) is 5.08. The highest BCUT2D eigenvalue weighted by atomic mass is 32.2. The van der Waals surface area contributed by atoms with E-state index in [9.17, 15) is 13.2 Å². The van der Waals surface area contributed by atoms with Gasteiger partial charge in [-0.2, -0.15) is 0 Å². The van der Waals surface area contributed by atoms with Crippen LogP contribution in [0.2, 0.25) is 0 Å². The number of sulfonamides is 1. The van der Waals surface area contributed by atoms with Crippen LogP contribution in [0.4, 0.5) is 4.79 Å². The molecule has 3 aromatic carbocycles. The molecule has 3 N–H and O–H groups in total. The lowest BCUT2D eigenvalue weighted by Crippen LogP contribution is -2.54. The Bertz CT molecular complexity index is 1190. The van der Waals surface area contributed by atoms with Crippen molar-refractivity contribution >= 4 is 26.8 Å². The van der Waals surface area contributed by atoms with Crippen molar-refractivity contribution in [3.63, 3.8) is 0 Å². The Morgan fingerprint density at radius 1 is 0.969 bits per heavy atom. The average molecular weight is 455 g/mol. The van der Waals surface area contributed by atoms with E-state index >= 15 is 0 Å². The maximum absolute atomic E-state index is 13.2. The summed E-state index contributed by atoms with van der Waals surface area (Å²) in [7, 11) is -3.99. The van der Waals surface area contributed by atoms with Gasteiger partial charge in [-0.1, -0.05) is 54.6 Å². The topological polar surface area (TPSA) is 105 Å². The van der Waals surface area contributed by atoms with Gasteiger partial charge in [-0.05, 0) is 34.0 Å². The number of carbonyl (C=O) groups is 1. The minimum Gasteiger partial charge on any atom is -0.378 e. The zero-order chi connectivity index (χ0) is 22.6. The van der Waals surface area contributed by atoms with Gasteiger partial charge in [0.05, 0.1) is 24.7 Å². The Hall–Kier alpha value is -2.98. The van der Waals surface area contributed by atoms with Crippen molar-refractivity contribution in [2.45, 2.75) is 18.0 Å². The first kappa shape index (κ1) is 22.2. The SMILES string of the molecule is NCc1ccc(CN(NS(=O)(=O)c2ccc3ccccc3c2)C(=O)N2CCOCC2)cc1.